The molecule has 104 valence electrons. The molecule has 0 amide bonds. The first-order valence-electron chi connectivity index (χ1n) is 7.34. The summed E-state index contributed by atoms with van der Waals surface area (Å²) < 4.78 is 5.74. The molecular weight excluding hydrogens is 228 g/mol. The van der Waals surface area contributed by atoms with E-state index in [0.29, 0.717) is 17.8 Å². The summed E-state index contributed by atoms with van der Waals surface area (Å²) >= 11 is 0. The number of carbonyl (C=O) groups excluding carboxylic acids is 1. The van der Waals surface area contributed by atoms with Gasteiger partial charge in [-0.3, -0.25) is 4.79 Å². The van der Waals surface area contributed by atoms with Gasteiger partial charge in [-0.1, -0.05) is 27.2 Å². The van der Waals surface area contributed by atoms with Gasteiger partial charge >= 0.3 is 5.97 Å². The average molecular weight is 254 g/mol. The molecule has 3 heteroatoms. The van der Waals surface area contributed by atoms with E-state index < -0.39 is 0 Å². The molecule has 0 aliphatic heterocycles. The predicted molar refractivity (Wildman–Crippen MR) is 69.9 cm³/mol. The number of rotatable bonds is 4. The van der Waals surface area contributed by atoms with Crippen molar-refractivity contribution in [2.75, 3.05) is 6.61 Å². The van der Waals surface area contributed by atoms with Crippen LogP contribution in [0, 0.1) is 29.6 Å². The van der Waals surface area contributed by atoms with Gasteiger partial charge in [0.05, 0.1) is 5.92 Å². The van der Waals surface area contributed by atoms with Crippen molar-refractivity contribution in [1.82, 2.24) is 0 Å². The Bertz CT molecular complexity index is 300. The highest BCUT2D eigenvalue weighted by Crippen LogP contribution is 2.41. The fourth-order valence-corrected chi connectivity index (χ4v) is 3.22. The molecule has 0 aromatic rings. The average Bonchev–Trinajstić information content (AvgIpc) is 3.07. The maximum Gasteiger partial charge on any atom is 0.309 e. The van der Waals surface area contributed by atoms with Gasteiger partial charge < -0.3 is 9.84 Å². The first kappa shape index (κ1) is 13.9. The van der Waals surface area contributed by atoms with Crippen LogP contribution in [0.25, 0.3) is 0 Å². The van der Waals surface area contributed by atoms with Crippen LogP contribution in [0.2, 0.25) is 0 Å². The summed E-state index contributed by atoms with van der Waals surface area (Å²) in [5, 5.41) is 9.01. The van der Waals surface area contributed by atoms with Crippen molar-refractivity contribution in [1.29, 1.82) is 0 Å². The minimum Gasteiger partial charge on any atom is -0.462 e. The molecule has 18 heavy (non-hydrogen) atoms. The Hall–Kier alpha value is -0.570. The molecular formula is C15H26O3. The highest BCUT2D eigenvalue weighted by Gasteiger charge is 2.45. The zero-order valence-electron chi connectivity index (χ0n) is 11.8. The third kappa shape index (κ3) is 3.05. The highest BCUT2D eigenvalue weighted by atomic mass is 16.5. The van der Waals surface area contributed by atoms with Gasteiger partial charge in [-0.15, -0.1) is 0 Å². The summed E-state index contributed by atoms with van der Waals surface area (Å²) in [5.74, 6) is 1.81. The summed E-state index contributed by atoms with van der Waals surface area (Å²) in [6.07, 6.45) is 4.33. The van der Waals surface area contributed by atoms with Crippen molar-refractivity contribution in [2.24, 2.45) is 29.6 Å². The number of ether oxygens (including phenoxy) is 1. The second kappa shape index (κ2) is 5.60. The van der Waals surface area contributed by atoms with E-state index >= 15 is 0 Å². The second-order valence-electron chi connectivity index (χ2n) is 6.59. The summed E-state index contributed by atoms with van der Waals surface area (Å²) in [5.41, 5.74) is 0. The molecule has 0 radical (unpaired) electrons. The number of aliphatic hydroxyl groups is 1. The molecule has 0 saturated heterocycles. The van der Waals surface area contributed by atoms with Gasteiger partial charge in [0.1, 0.15) is 6.10 Å². The highest BCUT2D eigenvalue weighted by molar-refractivity contribution is 5.75. The molecule has 5 unspecified atom stereocenters. The number of esters is 1. The van der Waals surface area contributed by atoms with Crippen LogP contribution in [-0.4, -0.2) is 23.8 Å². The minimum absolute atomic E-state index is 0.0277. The second-order valence-corrected chi connectivity index (χ2v) is 6.59. The third-order valence-corrected chi connectivity index (χ3v) is 4.69. The van der Waals surface area contributed by atoms with E-state index in [4.69, 9.17) is 9.84 Å². The predicted octanol–water partition coefficient (Wildman–Crippen LogP) is 2.62. The van der Waals surface area contributed by atoms with Crippen LogP contribution < -0.4 is 0 Å². The lowest BCUT2D eigenvalue weighted by molar-refractivity contribution is -0.158. The summed E-state index contributed by atoms with van der Waals surface area (Å²) in [6, 6.07) is 0. The summed E-state index contributed by atoms with van der Waals surface area (Å²) in [4.78, 5) is 12.0. The van der Waals surface area contributed by atoms with Gasteiger partial charge in [-0.05, 0) is 42.9 Å². The van der Waals surface area contributed by atoms with Crippen LogP contribution >= 0.6 is 0 Å². The van der Waals surface area contributed by atoms with E-state index in [2.05, 4.69) is 20.8 Å². The fourth-order valence-electron chi connectivity index (χ4n) is 3.22. The molecule has 0 aromatic carbocycles. The van der Waals surface area contributed by atoms with Gasteiger partial charge in [0, 0.05) is 6.61 Å². The number of aliphatic hydroxyl groups excluding tert-OH is 1. The lowest BCUT2D eigenvalue weighted by Crippen LogP contribution is -2.36. The van der Waals surface area contributed by atoms with Crippen molar-refractivity contribution >= 4 is 5.97 Å². The van der Waals surface area contributed by atoms with Gasteiger partial charge in [-0.2, -0.15) is 0 Å². The van der Waals surface area contributed by atoms with Crippen LogP contribution in [0.5, 0.6) is 0 Å². The summed E-state index contributed by atoms with van der Waals surface area (Å²) in [7, 11) is 0. The molecule has 0 heterocycles. The molecule has 0 aromatic heterocycles. The van der Waals surface area contributed by atoms with Crippen molar-refractivity contribution in [3.8, 4) is 0 Å². The number of hydrogen-bond acceptors (Lipinski definition) is 3. The van der Waals surface area contributed by atoms with Crippen molar-refractivity contribution in [2.45, 2.75) is 52.6 Å². The van der Waals surface area contributed by atoms with E-state index in [1.54, 1.807) is 0 Å². The lowest BCUT2D eigenvalue weighted by Gasteiger charge is -2.36. The molecule has 2 saturated carbocycles. The Kier molecular flexibility index (Phi) is 4.31. The van der Waals surface area contributed by atoms with Gasteiger partial charge in [0.15, 0.2) is 0 Å². The van der Waals surface area contributed by atoms with Crippen molar-refractivity contribution in [3.05, 3.63) is 0 Å². The Morgan fingerprint density at radius 3 is 2.61 bits per heavy atom. The molecule has 3 nitrogen and oxygen atoms in total. The first-order chi connectivity index (χ1) is 8.52. The lowest BCUT2D eigenvalue weighted by atomic mass is 9.75. The largest absolute Gasteiger partial charge is 0.462 e. The van der Waals surface area contributed by atoms with E-state index in [0.717, 1.165) is 12.8 Å². The van der Waals surface area contributed by atoms with E-state index in [1.807, 2.05) is 0 Å². The normalized spacial score (nSPS) is 39.7. The zero-order valence-corrected chi connectivity index (χ0v) is 11.8. The van der Waals surface area contributed by atoms with Crippen LogP contribution in [0.4, 0.5) is 0 Å². The molecule has 2 aliphatic rings. The first-order valence-corrected chi connectivity index (χ1v) is 7.34. The quantitative estimate of drug-likeness (QED) is 0.784. The molecule has 2 fully saturated rings. The Morgan fingerprint density at radius 2 is 2.06 bits per heavy atom. The molecule has 1 N–H and O–H groups in total. The maximum atomic E-state index is 12.0. The van der Waals surface area contributed by atoms with E-state index in [-0.39, 0.29) is 30.5 Å². The van der Waals surface area contributed by atoms with E-state index in [1.165, 1.54) is 12.8 Å². The van der Waals surface area contributed by atoms with Crippen LogP contribution in [0.1, 0.15) is 46.5 Å². The molecule has 0 spiro atoms. The maximum absolute atomic E-state index is 12.0. The van der Waals surface area contributed by atoms with Crippen LogP contribution in [0.15, 0.2) is 0 Å². The van der Waals surface area contributed by atoms with Crippen LogP contribution in [0.3, 0.4) is 0 Å². The Labute approximate surface area is 110 Å². The van der Waals surface area contributed by atoms with Crippen LogP contribution in [-0.2, 0) is 9.53 Å². The number of hydrogen-bond donors (Lipinski definition) is 1. The van der Waals surface area contributed by atoms with Gasteiger partial charge in [0.25, 0.3) is 0 Å². The number of carbonyl (C=O) groups is 1. The topological polar surface area (TPSA) is 46.5 Å². The summed E-state index contributed by atoms with van der Waals surface area (Å²) in [6.45, 7) is 6.80. The molecule has 2 rings (SSSR count). The van der Waals surface area contributed by atoms with Crippen molar-refractivity contribution in [3.63, 3.8) is 0 Å². The van der Waals surface area contributed by atoms with Crippen molar-refractivity contribution < 1.29 is 14.6 Å². The standard InChI is InChI=1S/C15H26O3/c1-9(2)12-5-4-10(3)6-14(12)18-15(17)13-7-11(13)8-16/h9-14,16H,4-8H2,1-3H3. The smallest absolute Gasteiger partial charge is 0.309 e. The Morgan fingerprint density at radius 1 is 1.33 bits per heavy atom. The van der Waals surface area contributed by atoms with Gasteiger partial charge in [0.2, 0.25) is 0 Å². The Balaban J connectivity index is 1.90. The fraction of sp³-hybridized carbons (Fsp3) is 0.933. The monoisotopic (exact) mass is 254 g/mol. The zero-order chi connectivity index (χ0) is 13.3. The van der Waals surface area contributed by atoms with Gasteiger partial charge in [-0.25, -0.2) is 0 Å². The SMILES string of the molecule is CC1CCC(C(C)C)C(OC(=O)C2CC2CO)C1. The molecule has 0 bridgehead atoms. The minimum atomic E-state index is -0.0706. The molecule has 5 atom stereocenters. The third-order valence-electron chi connectivity index (χ3n) is 4.69. The molecule has 2 aliphatic carbocycles. The van der Waals surface area contributed by atoms with E-state index in [9.17, 15) is 4.79 Å².